The maximum Gasteiger partial charge on any atom is 0.255 e. The molecule has 4 nitrogen and oxygen atoms in total. The number of amides is 1. The first kappa shape index (κ1) is 14.5. The first-order valence-corrected chi connectivity index (χ1v) is 7.91. The second-order valence-corrected chi connectivity index (χ2v) is 6.60. The number of aryl methyl sites for hydroxylation is 1. The number of hydrogen-bond acceptors (Lipinski definition) is 3. The van der Waals surface area contributed by atoms with Crippen LogP contribution in [0.25, 0.3) is 0 Å². The van der Waals surface area contributed by atoms with Crippen LogP contribution in [-0.2, 0) is 4.74 Å². The lowest BCUT2D eigenvalue weighted by Gasteiger charge is -2.47. The SMILES string of the molecule is Cc1nc(C(C)C)ccc1C(=O)N1CCC2(CCO2)CC1. The summed E-state index contributed by atoms with van der Waals surface area (Å²) in [4.78, 5) is 19.2. The topological polar surface area (TPSA) is 42.4 Å². The highest BCUT2D eigenvalue weighted by molar-refractivity contribution is 5.95. The van der Waals surface area contributed by atoms with Gasteiger partial charge in [-0.15, -0.1) is 0 Å². The van der Waals surface area contributed by atoms with Gasteiger partial charge in [-0.3, -0.25) is 9.78 Å². The second kappa shape index (κ2) is 5.41. The minimum Gasteiger partial charge on any atom is -0.375 e. The van der Waals surface area contributed by atoms with Crippen molar-refractivity contribution in [2.24, 2.45) is 0 Å². The number of aromatic nitrogens is 1. The van der Waals surface area contributed by atoms with Gasteiger partial charge >= 0.3 is 0 Å². The fourth-order valence-electron chi connectivity index (χ4n) is 3.20. The fraction of sp³-hybridized carbons (Fsp3) is 0.647. The maximum atomic E-state index is 12.7. The average molecular weight is 288 g/mol. The Morgan fingerprint density at radius 1 is 1.29 bits per heavy atom. The molecule has 2 saturated heterocycles. The first-order chi connectivity index (χ1) is 10.0. The molecule has 3 rings (SSSR count). The van der Waals surface area contributed by atoms with Crippen molar-refractivity contribution >= 4 is 5.91 Å². The summed E-state index contributed by atoms with van der Waals surface area (Å²) in [5.74, 6) is 0.503. The van der Waals surface area contributed by atoms with Crippen molar-refractivity contribution in [3.63, 3.8) is 0 Å². The predicted octanol–water partition coefficient (Wildman–Crippen LogP) is 2.91. The highest BCUT2D eigenvalue weighted by Crippen LogP contribution is 2.37. The lowest BCUT2D eigenvalue weighted by Crippen LogP contribution is -2.53. The van der Waals surface area contributed by atoms with Gasteiger partial charge in [0, 0.05) is 18.8 Å². The molecule has 2 aliphatic rings. The Balaban J connectivity index is 1.71. The van der Waals surface area contributed by atoms with Crippen molar-refractivity contribution in [3.8, 4) is 0 Å². The highest BCUT2D eigenvalue weighted by Gasteiger charge is 2.42. The molecule has 0 saturated carbocycles. The summed E-state index contributed by atoms with van der Waals surface area (Å²) >= 11 is 0. The van der Waals surface area contributed by atoms with E-state index >= 15 is 0 Å². The zero-order valence-electron chi connectivity index (χ0n) is 13.2. The van der Waals surface area contributed by atoms with Crippen LogP contribution in [0.15, 0.2) is 12.1 Å². The van der Waals surface area contributed by atoms with Crippen molar-refractivity contribution in [1.29, 1.82) is 0 Å². The molecule has 21 heavy (non-hydrogen) atoms. The van der Waals surface area contributed by atoms with Gasteiger partial charge < -0.3 is 9.64 Å². The molecular formula is C17H24N2O2. The number of carbonyl (C=O) groups is 1. The van der Waals surface area contributed by atoms with E-state index in [0.717, 1.165) is 55.9 Å². The van der Waals surface area contributed by atoms with Gasteiger partial charge in [-0.1, -0.05) is 13.8 Å². The van der Waals surface area contributed by atoms with Gasteiger partial charge in [0.1, 0.15) is 0 Å². The predicted molar refractivity (Wildman–Crippen MR) is 81.5 cm³/mol. The molecule has 2 aliphatic heterocycles. The molecule has 1 spiro atoms. The molecule has 1 aromatic rings. The van der Waals surface area contributed by atoms with Gasteiger partial charge in [0.2, 0.25) is 0 Å². The minimum atomic E-state index is 0.0889. The van der Waals surface area contributed by atoms with Crippen LogP contribution in [0.3, 0.4) is 0 Å². The Kier molecular flexibility index (Phi) is 3.74. The van der Waals surface area contributed by atoms with Gasteiger partial charge in [-0.2, -0.15) is 0 Å². The molecule has 0 aromatic carbocycles. The standard InChI is InChI=1S/C17H24N2O2/c1-12(2)15-5-4-14(13(3)18-15)16(20)19-9-6-17(7-10-19)8-11-21-17/h4-5,12H,6-11H2,1-3H3. The van der Waals surface area contributed by atoms with Crippen LogP contribution in [0.5, 0.6) is 0 Å². The molecule has 0 bridgehead atoms. The van der Waals surface area contributed by atoms with E-state index in [1.807, 2.05) is 24.0 Å². The largest absolute Gasteiger partial charge is 0.375 e. The molecule has 114 valence electrons. The maximum absolute atomic E-state index is 12.7. The molecule has 0 atom stereocenters. The van der Waals surface area contributed by atoms with Crippen LogP contribution in [0.1, 0.15) is 60.8 Å². The fourth-order valence-corrected chi connectivity index (χ4v) is 3.20. The van der Waals surface area contributed by atoms with Crippen molar-refractivity contribution in [2.45, 2.75) is 51.6 Å². The third kappa shape index (κ3) is 2.69. The van der Waals surface area contributed by atoms with Gasteiger partial charge in [-0.05, 0) is 44.2 Å². The Bertz CT molecular complexity index is 540. The number of hydrogen-bond donors (Lipinski definition) is 0. The van der Waals surface area contributed by atoms with Crippen molar-refractivity contribution in [1.82, 2.24) is 9.88 Å². The number of pyridine rings is 1. The monoisotopic (exact) mass is 288 g/mol. The smallest absolute Gasteiger partial charge is 0.255 e. The molecular weight excluding hydrogens is 264 g/mol. The zero-order valence-corrected chi connectivity index (χ0v) is 13.2. The molecule has 0 aliphatic carbocycles. The number of nitrogens with zero attached hydrogens (tertiary/aromatic N) is 2. The van der Waals surface area contributed by atoms with E-state index in [-0.39, 0.29) is 11.5 Å². The van der Waals surface area contributed by atoms with Crippen LogP contribution >= 0.6 is 0 Å². The summed E-state index contributed by atoms with van der Waals surface area (Å²) in [5, 5.41) is 0. The van der Waals surface area contributed by atoms with Crippen molar-refractivity contribution in [3.05, 3.63) is 29.1 Å². The summed E-state index contributed by atoms with van der Waals surface area (Å²) in [7, 11) is 0. The average Bonchev–Trinajstić information content (AvgIpc) is 2.45. The Morgan fingerprint density at radius 2 is 1.95 bits per heavy atom. The molecule has 0 radical (unpaired) electrons. The molecule has 0 unspecified atom stereocenters. The van der Waals surface area contributed by atoms with E-state index in [2.05, 4.69) is 18.8 Å². The van der Waals surface area contributed by atoms with E-state index in [4.69, 9.17) is 4.74 Å². The normalized spacial score (nSPS) is 20.7. The summed E-state index contributed by atoms with van der Waals surface area (Å²) in [6.45, 7) is 8.64. The Labute approximate surface area is 126 Å². The Morgan fingerprint density at radius 3 is 2.43 bits per heavy atom. The van der Waals surface area contributed by atoms with Gasteiger partial charge in [0.25, 0.3) is 5.91 Å². The number of carbonyl (C=O) groups excluding carboxylic acids is 1. The number of ether oxygens (including phenoxy) is 1. The van der Waals surface area contributed by atoms with Crippen LogP contribution in [-0.4, -0.2) is 41.1 Å². The molecule has 0 N–H and O–H groups in total. The molecule has 3 heterocycles. The van der Waals surface area contributed by atoms with E-state index in [0.29, 0.717) is 5.92 Å². The summed E-state index contributed by atoms with van der Waals surface area (Å²) in [6.07, 6.45) is 3.09. The lowest BCUT2D eigenvalue weighted by molar-refractivity contribution is -0.169. The summed E-state index contributed by atoms with van der Waals surface area (Å²) < 4.78 is 5.71. The summed E-state index contributed by atoms with van der Waals surface area (Å²) in [6, 6.07) is 3.91. The quantitative estimate of drug-likeness (QED) is 0.840. The third-order valence-corrected chi connectivity index (χ3v) is 4.86. The second-order valence-electron chi connectivity index (χ2n) is 6.60. The van der Waals surface area contributed by atoms with Gasteiger partial charge in [0.15, 0.2) is 0 Å². The molecule has 1 amide bonds. The van der Waals surface area contributed by atoms with Gasteiger partial charge in [-0.25, -0.2) is 0 Å². The van der Waals surface area contributed by atoms with Crippen LogP contribution in [0.2, 0.25) is 0 Å². The van der Waals surface area contributed by atoms with Gasteiger partial charge in [0.05, 0.1) is 23.5 Å². The first-order valence-electron chi connectivity index (χ1n) is 7.91. The van der Waals surface area contributed by atoms with Crippen LogP contribution in [0, 0.1) is 6.92 Å². The minimum absolute atomic E-state index is 0.0889. The highest BCUT2D eigenvalue weighted by atomic mass is 16.5. The van der Waals surface area contributed by atoms with Crippen molar-refractivity contribution in [2.75, 3.05) is 19.7 Å². The zero-order chi connectivity index (χ0) is 15.0. The van der Waals surface area contributed by atoms with Crippen LogP contribution < -0.4 is 0 Å². The van der Waals surface area contributed by atoms with E-state index in [9.17, 15) is 4.79 Å². The lowest BCUT2D eigenvalue weighted by atomic mass is 9.84. The summed E-state index contributed by atoms with van der Waals surface area (Å²) in [5.41, 5.74) is 2.71. The molecule has 1 aromatic heterocycles. The number of piperidine rings is 1. The Hall–Kier alpha value is -1.42. The van der Waals surface area contributed by atoms with Crippen molar-refractivity contribution < 1.29 is 9.53 Å². The van der Waals surface area contributed by atoms with E-state index in [1.165, 1.54) is 0 Å². The molecule has 4 heteroatoms. The van der Waals surface area contributed by atoms with E-state index < -0.39 is 0 Å². The third-order valence-electron chi connectivity index (χ3n) is 4.86. The molecule has 2 fully saturated rings. The number of rotatable bonds is 2. The number of likely N-dealkylation sites (tertiary alicyclic amines) is 1. The van der Waals surface area contributed by atoms with E-state index in [1.54, 1.807) is 0 Å². The van der Waals surface area contributed by atoms with Crippen LogP contribution in [0.4, 0.5) is 0 Å².